The Labute approximate surface area is 186 Å². The first-order valence-corrected chi connectivity index (χ1v) is 12.5. The third-order valence-corrected chi connectivity index (χ3v) is 9.30. The number of carbonyl (C=O) groups excluding carboxylic acids is 3. The molecule has 2 aliphatic heterocycles. The molecular weight excluding hydrogens is 472 g/mol. The summed E-state index contributed by atoms with van der Waals surface area (Å²) in [6, 6.07) is 5.96. The van der Waals surface area contributed by atoms with E-state index < -0.39 is 27.9 Å². The van der Waals surface area contributed by atoms with Crippen molar-refractivity contribution in [2.24, 2.45) is 0 Å². The van der Waals surface area contributed by atoms with E-state index in [0.29, 0.717) is 17.4 Å². The van der Waals surface area contributed by atoms with E-state index in [-0.39, 0.29) is 30.5 Å². The minimum Gasteiger partial charge on any atom is -0.283 e. The van der Waals surface area contributed by atoms with Gasteiger partial charge in [-0.3, -0.25) is 19.4 Å². The maximum absolute atomic E-state index is 12.7. The lowest BCUT2D eigenvalue weighted by molar-refractivity contribution is -0.144. The molecule has 2 saturated heterocycles. The molecule has 2 aromatic heterocycles. The van der Waals surface area contributed by atoms with Crippen LogP contribution in [0.4, 0.5) is 4.79 Å². The van der Waals surface area contributed by atoms with Gasteiger partial charge in [-0.15, -0.1) is 22.7 Å². The molecule has 9 nitrogen and oxygen atoms in total. The van der Waals surface area contributed by atoms with E-state index in [4.69, 9.17) is 11.6 Å². The van der Waals surface area contributed by atoms with Crippen LogP contribution in [0.15, 0.2) is 33.9 Å². The highest BCUT2D eigenvalue weighted by Gasteiger charge is 2.45. The van der Waals surface area contributed by atoms with Crippen LogP contribution in [0, 0.1) is 0 Å². The summed E-state index contributed by atoms with van der Waals surface area (Å²) in [5.41, 5.74) is 0. The molecule has 30 heavy (non-hydrogen) atoms. The minimum atomic E-state index is -3.63. The first kappa shape index (κ1) is 21.4. The molecule has 13 heteroatoms. The number of imide groups is 2. The van der Waals surface area contributed by atoms with Crippen LogP contribution in [0.5, 0.6) is 0 Å². The molecule has 4 amide bonds. The summed E-state index contributed by atoms with van der Waals surface area (Å²) in [4.78, 5) is 41.6. The van der Waals surface area contributed by atoms with Gasteiger partial charge in [0.15, 0.2) is 0 Å². The molecule has 0 radical (unpaired) electrons. The second kappa shape index (κ2) is 8.36. The molecule has 0 N–H and O–H groups in total. The quantitative estimate of drug-likeness (QED) is 0.453. The van der Waals surface area contributed by atoms with Crippen molar-refractivity contribution in [1.29, 1.82) is 0 Å². The number of halogens is 1. The van der Waals surface area contributed by atoms with E-state index in [9.17, 15) is 22.8 Å². The summed E-state index contributed by atoms with van der Waals surface area (Å²) in [7, 11) is -3.63. The third kappa shape index (κ3) is 4.03. The lowest BCUT2D eigenvalue weighted by Crippen LogP contribution is -2.52. The molecule has 0 aliphatic carbocycles. The number of amides is 4. The zero-order chi connectivity index (χ0) is 21.5. The molecule has 160 valence electrons. The van der Waals surface area contributed by atoms with Crippen molar-refractivity contribution in [3.8, 4) is 0 Å². The molecule has 2 aromatic rings. The van der Waals surface area contributed by atoms with E-state index in [1.807, 2.05) is 11.4 Å². The van der Waals surface area contributed by atoms with Gasteiger partial charge in [0.2, 0.25) is 0 Å². The Morgan fingerprint density at radius 2 is 1.67 bits per heavy atom. The molecule has 2 fully saturated rings. The Balaban J connectivity index is 1.37. The van der Waals surface area contributed by atoms with Gasteiger partial charge in [0.05, 0.1) is 17.5 Å². The van der Waals surface area contributed by atoms with Gasteiger partial charge in [0, 0.05) is 31.1 Å². The first-order valence-electron chi connectivity index (χ1n) is 8.95. The molecule has 4 heterocycles. The predicted octanol–water partition coefficient (Wildman–Crippen LogP) is 1.72. The van der Waals surface area contributed by atoms with E-state index in [1.54, 1.807) is 17.0 Å². The van der Waals surface area contributed by atoms with Gasteiger partial charge in [-0.2, -0.15) is 4.31 Å². The number of hydrogen-bond acceptors (Lipinski definition) is 8. The van der Waals surface area contributed by atoms with Crippen LogP contribution in [0.1, 0.15) is 4.88 Å². The molecule has 2 aliphatic rings. The molecule has 4 rings (SSSR count). The fourth-order valence-corrected chi connectivity index (χ4v) is 7.00. The molecule has 0 atom stereocenters. The second-order valence-corrected chi connectivity index (χ2v) is 11.6. The zero-order valence-electron chi connectivity index (χ0n) is 15.6. The van der Waals surface area contributed by atoms with Crippen LogP contribution in [-0.4, -0.2) is 78.1 Å². The van der Waals surface area contributed by atoms with Crippen LogP contribution >= 0.6 is 34.3 Å². The van der Waals surface area contributed by atoms with Crippen molar-refractivity contribution in [2.75, 3.05) is 32.8 Å². The molecule has 0 aromatic carbocycles. The van der Waals surface area contributed by atoms with Crippen LogP contribution < -0.4 is 0 Å². The van der Waals surface area contributed by atoms with Crippen molar-refractivity contribution >= 4 is 62.1 Å². The van der Waals surface area contributed by atoms with E-state index in [2.05, 4.69) is 0 Å². The monoisotopic (exact) mass is 488 g/mol. The van der Waals surface area contributed by atoms with Gasteiger partial charge in [-0.05, 0) is 23.6 Å². The highest BCUT2D eigenvalue weighted by molar-refractivity contribution is 7.91. The van der Waals surface area contributed by atoms with Crippen molar-refractivity contribution in [2.45, 2.75) is 10.8 Å². The van der Waals surface area contributed by atoms with Gasteiger partial charge in [0.1, 0.15) is 4.21 Å². The summed E-state index contributed by atoms with van der Waals surface area (Å²) in [6.07, 6.45) is 0. The normalized spacial score (nSPS) is 19.3. The van der Waals surface area contributed by atoms with E-state index in [1.165, 1.54) is 21.7 Å². The SMILES string of the molecule is O=C1C(=O)N(CN2CCN(S(=O)(=O)c3ccc(Cl)s3)CC2)C(=O)N1Cc1cccs1. The van der Waals surface area contributed by atoms with Crippen molar-refractivity contribution in [3.63, 3.8) is 0 Å². The first-order chi connectivity index (χ1) is 14.3. The Kier molecular flexibility index (Phi) is 5.97. The van der Waals surface area contributed by atoms with Gasteiger partial charge < -0.3 is 0 Å². The number of carbonyl (C=O) groups is 3. The van der Waals surface area contributed by atoms with E-state index in [0.717, 1.165) is 26.0 Å². The standard InChI is InChI=1S/C17H17ClN4O5S3/c18-13-3-4-14(29-13)30(26,27)20-7-5-19(6-8-20)11-22-16(24)15(23)21(17(22)25)10-12-2-1-9-28-12/h1-4,9H,5-8,10-11H2. The van der Waals surface area contributed by atoms with Crippen molar-refractivity contribution in [3.05, 3.63) is 38.9 Å². The number of nitrogens with zero attached hydrogens (tertiary/aromatic N) is 4. The van der Waals surface area contributed by atoms with E-state index >= 15 is 0 Å². The molecule has 0 bridgehead atoms. The summed E-state index contributed by atoms with van der Waals surface area (Å²) < 4.78 is 27.3. The Bertz CT molecular complexity index is 1080. The number of hydrogen-bond donors (Lipinski definition) is 0. The maximum atomic E-state index is 12.7. The Morgan fingerprint density at radius 3 is 2.27 bits per heavy atom. The summed E-state index contributed by atoms with van der Waals surface area (Å²) in [5, 5.41) is 1.83. The number of sulfonamides is 1. The smallest absolute Gasteiger partial charge is 0.283 e. The van der Waals surface area contributed by atoms with Gasteiger partial charge in [-0.25, -0.2) is 18.1 Å². The van der Waals surface area contributed by atoms with Crippen molar-refractivity contribution in [1.82, 2.24) is 19.0 Å². The highest BCUT2D eigenvalue weighted by Crippen LogP contribution is 2.28. The topological polar surface area (TPSA) is 98.3 Å². The number of urea groups is 1. The number of thiophene rings is 2. The predicted molar refractivity (Wildman–Crippen MR) is 112 cm³/mol. The molecule has 0 spiro atoms. The summed E-state index contributed by atoms with van der Waals surface area (Å²) >= 11 is 8.24. The largest absolute Gasteiger partial charge is 0.335 e. The maximum Gasteiger partial charge on any atom is 0.335 e. The average Bonchev–Trinajstić information content (AvgIpc) is 3.44. The molecular formula is C17H17ClN4O5S3. The van der Waals surface area contributed by atoms with Gasteiger partial charge in [-0.1, -0.05) is 17.7 Å². The van der Waals surface area contributed by atoms with Crippen LogP contribution in [0.25, 0.3) is 0 Å². The fourth-order valence-electron chi connectivity index (χ4n) is 3.25. The lowest BCUT2D eigenvalue weighted by atomic mass is 10.4. The number of rotatable bonds is 6. The van der Waals surface area contributed by atoms with Crippen molar-refractivity contribution < 1.29 is 22.8 Å². The highest BCUT2D eigenvalue weighted by atomic mass is 35.5. The Morgan fingerprint density at radius 1 is 0.967 bits per heavy atom. The molecule has 0 unspecified atom stereocenters. The lowest BCUT2D eigenvalue weighted by Gasteiger charge is -2.34. The van der Waals surface area contributed by atoms with Crippen LogP contribution in [0.2, 0.25) is 4.34 Å². The van der Waals surface area contributed by atoms with Crippen LogP contribution in [-0.2, 0) is 26.2 Å². The molecule has 0 saturated carbocycles. The summed E-state index contributed by atoms with van der Waals surface area (Å²) in [6.45, 7) is 1.08. The number of piperazine rings is 1. The Hall–Kier alpha value is -1.83. The van der Waals surface area contributed by atoms with Gasteiger partial charge >= 0.3 is 17.8 Å². The summed E-state index contributed by atoms with van der Waals surface area (Å²) in [5.74, 6) is -1.70. The average molecular weight is 489 g/mol. The van der Waals surface area contributed by atoms with Crippen LogP contribution in [0.3, 0.4) is 0 Å². The third-order valence-electron chi connectivity index (χ3n) is 4.84. The van der Waals surface area contributed by atoms with Gasteiger partial charge in [0.25, 0.3) is 10.0 Å². The minimum absolute atomic E-state index is 0.0525. The zero-order valence-corrected chi connectivity index (χ0v) is 18.8. The fraction of sp³-hybridized carbons (Fsp3) is 0.353. The second-order valence-electron chi connectivity index (χ2n) is 6.71.